The predicted molar refractivity (Wildman–Crippen MR) is 78.1 cm³/mol. The summed E-state index contributed by atoms with van der Waals surface area (Å²) in [5, 5.41) is 5.71. The number of ether oxygens (including phenoxy) is 1. The van der Waals surface area contributed by atoms with Crippen LogP contribution in [0, 0.1) is 0 Å². The molecular formula is C15H16BrNO. The van der Waals surface area contributed by atoms with Gasteiger partial charge in [-0.2, -0.15) is 0 Å². The summed E-state index contributed by atoms with van der Waals surface area (Å²) in [7, 11) is 2.01. The molecule has 3 heteroatoms. The summed E-state index contributed by atoms with van der Waals surface area (Å²) < 4.78 is 7.10. The zero-order valence-electron chi connectivity index (χ0n) is 10.3. The zero-order chi connectivity index (χ0) is 12.5. The van der Waals surface area contributed by atoms with Crippen LogP contribution in [0.15, 0.2) is 40.9 Å². The highest BCUT2D eigenvalue weighted by Crippen LogP contribution is 2.35. The Balaban J connectivity index is 1.83. The molecule has 1 aliphatic carbocycles. The lowest BCUT2D eigenvalue weighted by Gasteiger charge is -2.35. The summed E-state index contributed by atoms with van der Waals surface area (Å²) in [5.74, 6) is 0.952. The van der Waals surface area contributed by atoms with E-state index in [2.05, 4.69) is 57.6 Å². The van der Waals surface area contributed by atoms with Crippen molar-refractivity contribution in [2.75, 3.05) is 7.05 Å². The van der Waals surface area contributed by atoms with Crippen molar-refractivity contribution in [2.45, 2.75) is 25.0 Å². The third-order valence-corrected chi connectivity index (χ3v) is 4.44. The molecule has 3 rings (SSSR count). The van der Waals surface area contributed by atoms with Crippen LogP contribution in [0.4, 0.5) is 0 Å². The van der Waals surface area contributed by atoms with Gasteiger partial charge in [-0.15, -0.1) is 0 Å². The van der Waals surface area contributed by atoms with E-state index < -0.39 is 0 Å². The second kappa shape index (κ2) is 4.90. The molecule has 0 atom stereocenters. The van der Waals surface area contributed by atoms with E-state index in [0.29, 0.717) is 12.1 Å². The molecule has 94 valence electrons. The maximum Gasteiger partial charge on any atom is 0.134 e. The fourth-order valence-electron chi connectivity index (χ4n) is 2.38. The molecule has 0 unspecified atom stereocenters. The summed E-state index contributed by atoms with van der Waals surface area (Å²) >= 11 is 3.66. The first-order valence-corrected chi connectivity index (χ1v) is 7.08. The van der Waals surface area contributed by atoms with Crippen molar-refractivity contribution in [3.05, 3.63) is 40.9 Å². The Hall–Kier alpha value is -1.06. The second-order valence-corrected chi connectivity index (χ2v) is 5.59. The molecule has 0 aromatic heterocycles. The fourth-order valence-corrected chi connectivity index (χ4v) is 2.97. The molecule has 0 spiro atoms. The SMILES string of the molecule is CNC1CC(Oc2ccc3ccccc3c2Br)C1. The summed E-state index contributed by atoms with van der Waals surface area (Å²) in [4.78, 5) is 0. The first-order chi connectivity index (χ1) is 8.78. The van der Waals surface area contributed by atoms with E-state index in [1.807, 2.05) is 7.05 Å². The number of nitrogens with one attached hydrogen (secondary N) is 1. The molecule has 0 bridgehead atoms. The average molecular weight is 306 g/mol. The predicted octanol–water partition coefficient (Wildman–Crippen LogP) is 3.73. The van der Waals surface area contributed by atoms with Gasteiger partial charge < -0.3 is 10.1 Å². The quantitative estimate of drug-likeness (QED) is 0.933. The second-order valence-electron chi connectivity index (χ2n) is 4.80. The smallest absolute Gasteiger partial charge is 0.134 e. The van der Waals surface area contributed by atoms with Crippen LogP contribution < -0.4 is 10.1 Å². The Labute approximate surface area is 115 Å². The first kappa shape index (κ1) is 12.0. The minimum Gasteiger partial charge on any atom is -0.489 e. The molecular weight excluding hydrogens is 290 g/mol. The van der Waals surface area contributed by atoms with Crippen LogP contribution in [0.1, 0.15) is 12.8 Å². The number of rotatable bonds is 3. The Morgan fingerprint density at radius 1 is 1.17 bits per heavy atom. The van der Waals surface area contributed by atoms with Crippen LogP contribution >= 0.6 is 15.9 Å². The molecule has 0 radical (unpaired) electrons. The third-order valence-electron chi connectivity index (χ3n) is 3.62. The molecule has 0 amide bonds. The zero-order valence-corrected chi connectivity index (χ0v) is 11.9. The summed E-state index contributed by atoms with van der Waals surface area (Å²) in [6.45, 7) is 0. The van der Waals surface area contributed by atoms with Crippen LogP contribution in [-0.2, 0) is 0 Å². The van der Waals surface area contributed by atoms with E-state index >= 15 is 0 Å². The molecule has 18 heavy (non-hydrogen) atoms. The number of hydrogen-bond donors (Lipinski definition) is 1. The van der Waals surface area contributed by atoms with Crippen LogP contribution in [0.25, 0.3) is 10.8 Å². The van der Waals surface area contributed by atoms with Crippen molar-refractivity contribution < 1.29 is 4.74 Å². The summed E-state index contributed by atoms with van der Waals surface area (Å²) in [6.07, 6.45) is 2.53. The van der Waals surface area contributed by atoms with Crippen molar-refractivity contribution >= 4 is 26.7 Å². The number of fused-ring (bicyclic) bond motifs is 1. The monoisotopic (exact) mass is 305 g/mol. The first-order valence-electron chi connectivity index (χ1n) is 6.29. The van der Waals surface area contributed by atoms with Crippen LogP contribution in [0.2, 0.25) is 0 Å². The lowest BCUT2D eigenvalue weighted by atomic mass is 9.89. The highest BCUT2D eigenvalue weighted by Gasteiger charge is 2.29. The topological polar surface area (TPSA) is 21.3 Å². The van der Waals surface area contributed by atoms with Gasteiger partial charge in [-0.05, 0) is 52.7 Å². The number of hydrogen-bond acceptors (Lipinski definition) is 2. The lowest BCUT2D eigenvalue weighted by molar-refractivity contribution is 0.0879. The Kier molecular flexibility index (Phi) is 3.27. The van der Waals surface area contributed by atoms with Gasteiger partial charge in [0.1, 0.15) is 11.9 Å². The largest absolute Gasteiger partial charge is 0.489 e. The maximum atomic E-state index is 6.03. The summed E-state index contributed by atoms with van der Waals surface area (Å²) in [6, 6.07) is 13.1. The molecule has 2 aromatic carbocycles. The van der Waals surface area contributed by atoms with Crippen molar-refractivity contribution in [3.63, 3.8) is 0 Å². The normalized spacial score (nSPS) is 22.8. The van der Waals surface area contributed by atoms with Gasteiger partial charge in [-0.1, -0.05) is 30.3 Å². The molecule has 1 saturated carbocycles. The molecule has 0 aliphatic heterocycles. The minimum absolute atomic E-state index is 0.347. The average Bonchev–Trinajstić information content (AvgIpc) is 2.36. The van der Waals surface area contributed by atoms with E-state index in [0.717, 1.165) is 23.1 Å². The van der Waals surface area contributed by atoms with Crippen molar-refractivity contribution in [1.29, 1.82) is 0 Å². The highest BCUT2D eigenvalue weighted by molar-refractivity contribution is 9.10. The van der Waals surface area contributed by atoms with Crippen molar-refractivity contribution in [1.82, 2.24) is 5.32 Å². The van der Waals surface area contributed by atoms with Gasteiger partial charge in [0.2, 0.25) is 0 Å². The van der Waals surface area contributed by atoms with Crippen LogP contribution in [-0.4, -0.2) is 19.2 Å². The Morgan fingerprint density at radius 3 is 2.72 bits per heavy atom. The van der Waals surface area contributed by atoms with E-state index in [9.17, 15) is 0 Å². The van der Waals surface area contributed by atoms with E-state index in [1.165, 1.54) is 10.8 Å². The van der Waals surface area contributed by atoms with Crippen molar-refractivity contribution in [3.8, 4) is 5.75 Å². The minimum atomic E-state index is 0.347. The molecule has 0 heterocycles. The van der Waals surface area contributed by atoms with Gasteiger partial charge in [-0.25, -0.2) is 0 Å². The lowest BCUT2D eigenvalue weighted by Crippen LogP contribution is -2.45. The number of benzene rings is 2. The molecule has 2 aromatic rings. The Morgan fingerprint density at radius 2 is 1.94 bits per heavy atom. The standard InChI is InChI=1S/C15H16BrNO/c1-17-11-8-12(9-11)18-14-7-6-10-4-2-3-5-13(10)15(14)16/h2-7,11-12,17H,8-9H2,1H3. The van der Waals surface area contributed by atoms with Crippen LogP contribution in [0.3, 0.4) is 0 Å². The molecule has 1 fully saturated rings. The van der Waals surface area contributed by atoms with Gasteiger partial charge in [-0.3, -0.25) is 0 Å². The maximum absolute atomic E-state index is 6.03. The molecule has 1 aliphatic rings. The van der Waals surface area contributed by atoms with E-state index in [1.54, 1.807) is 0 Å². The summed E-state index contributed by atoms with van der Waals surface area (Å²) in [5.41, 5.74) is 0. The van der Waals surface area contributed by atoms with E-state index in [-0.39, 0.29) is 0 Å². The molecule has 1 N–H and O–H groups in total. The number of halogens is 1. The van der Waals surface area contributed by atoms with Crippen molar-refractivity contribution in [2.24, 2.45) is 0 Å². The third kappa shape index (κ3) is 2.13. The van der Waals surface area contributed by atoms with Gasteiger partial charge in [0, 0.05) is 6.04 Å². The van der Waals surface area contributed by atoms with Gasteiger partial charge in [0.25, 0.3) is 0 Å². The van der Waals surface area contributed by atoms with Gasteiger partial charge in [0.05, 0.1) is 4.47 Å². The highest BCUT2D eigenvalue weighted by atomic mass is 79.9. The van der Waals surface area contributed by atoms with Crippen LogP contribution in [0.5, 0.6) is 5.75 Å². The fraction of sp³-hybridized carbons (Fsp3) is 0.333. The van der Waals surface area contributed by atoms with Gasteiger partial charge in [0.15, 0.2) is 0 Å². The van der Waals surface area contributed by atoms with Gasteiger partial charge >= 0.3 is 0 Å². The molecule has 2 nitrogen and oxygen atoms in total. The Bertz CT molecular complexity index is 563. The molecule has 0 saturated heterocycles. The van der Waals surface area contributed by atoms with E-state index in [4.69, 9.17) is 4.74 Å².